The molecule has 1 amide bonds. The molecule has 2 heterocycles. The van der Waals surface area contributed by atoms with Crippen molar-refractivity contribution in [3.8, 4) is 0 Å². The van der Waals surface area contributed by atoms with Crippen molar-refractivity contribution < 1.29 is 4.79 Å². The van der Waals surface area contributed by atoms with Gasteiger partial charge < -0.3 is 10.6 Å². The standard InChI is InChI=1S/C16H17N3O.2ClH/c20-16(19-8-6-15-3-1-2-7-18-15)12-4-5-13-10-17-11-14(13)9-12;;/h1-5,7,9,17H,6,8,10-11H2,(H,19,20);2*1H. The summed E-state index contributed by atoms with van der Waals surface area (Å²) in [6, 6.07) is 11.7. The predicted octanol–water partition coefficient (Wildman–Crippen LogP) is 2.50. The van der Waals surface area contributed by atoms with Crippen LogP contribution < -0.4 is 10.6 Å². The van der Waals surface area contributed by atoms with E-state index in [4.69, 9.17) is 0 Å². The summed E-state index contributed by atoms with van der Waals surface area (Å²) < 4.78 is 0. The molecule has 3 rings (SSSR count). The molecule has 1 aromatic carbocycles. The minimum atomic E-state index is -0.0179. The lowest BCUT2D eigenvalue weighted by Crippen LogP contribution is -2.26. The van der Waals surface area contributed by atoms with E-state index in [1.165, 1.54) is 11.1 Å². The third-order valence-corrected chi connectivity index (χ3v) is 3.49. The van der Waals surface area contributed by atoms with Crippen molar-refractivity contribution in [1.29, 1.82) is 0 Å². The van der Waals surface area contributed by atoms with E-state index in [1.54, 1.807) is 6.20 Å². The monoisotopic (exact) mass is 339 g/mol. The molecule has 1 aromatic heterocycles. The van der Waals surface area contributed by atoms with Gasteiger partial charge in [0.05, 0.1) is 0 Å². The minimum Gasteiger partial charge on any atom is -0.352 e. The molecule has 0 radical (unpaired) electrons. The van der Waals surface area contributed by atoms with E-state index >= 15 is 0 Å². The first-order chi connectivity index (χ1) is 9.83. The number of rotatable bonds is 4. The molecule has 1 aliphatic heterocycles. The van der Waals surface area contributed by atoms with Gasteiger partial charge in [0, 0.05) is 43.5 Å². The van der Waals surface area contributed by atoms with Gasteiger partial charge in [-0.05, 0) is 35.4 Å². The molecule has 0 bridgehead atoms. The molecule has 0 spiro atoms. The van der Waals surface area contributed by atoms with E-state index in [0.717, 1.165) is 30.8 Å². The average molecular weight is 340 g/mol. The van der Waals surface area contributed by atoms with Crippen LogP contribution >= 0.6 is 24.8 Å². The number of halogens is 2. The number of fused-ring (bicyclic) bond motifs is 1. The molecule has 2 aromatic rings. The number of hydrogen-bond donors (Lipinski definition) is 2. The highest BCUT2D eigenvalue weighted by molar-refractivity contribution is 5.94. The topological polar surface area (TPSA) is 54.0 Å². The average Bonchev–Trinajstić information content (AvgIpc) is 2.95. The highest BCUT2D eigenvalue weighted by Crippen LogP contribution is 2.16. The number of aromatic nitrogens is 1. The molecule has 2 N–H and O–H groups in total. The van der Waals surface area contributed by atoms with Crippen LogP contribution in [0.4, 0.5) is 0 Å². The van der Waals surface area contributed by atoms with Crippen LogP contribution in [0.2, 0.25) is 0 Å². The number of carbonyl (C=O) groups is 1. The lowest BCUT2D eigenvalue weighted by atomic mass is 10.1. The molecule has 0 fully saturated rings. The lowest BCUT2D eigenvalue weighted by molar-refractivity contribution is 0.0954. The second-order valence-corrected chi connectivity index (χ2v) is 4.91. The van der Waals surface area contributed by atoms with Gasteiger partial charge in [0.1, 0.15) is 0 Å². The highest BCUT2D eigenvalue weighted by atomic mass is 35.5. The van der Waals surface area contributed by atoms with Gasteiger partial charge >= 0.3 is 0 Å². The number of nitrogens with zero attached hydrogens (tertiary/aromatic N) is 1. The Bertz CT molecular complexity index is 620. The Hall–Kier alpha value is -1.62. The Balaban J connectivity index is 0.00000121. The third-order valence-electron chi connectivity index (χ3n) is 3.49. The fourth-order valence-corrected chi connectivity index (χ4v) is 2.39. The van der Waals surface area contributed by atoms with Crippen molar-refractivity contribution in [2.45, 2.75) is 19.5 Å². The zero-order valence-corrected chi connectivity index (χ0v) is 13.7. The van der Waals surface area contributed by atoms with Crippen molar-refractivity contribution in [3.63, 3.8) is 0 Å². The van der Waals surface area contributed by atoms with Crippen LogP contribution in [-0.4, -0.2) is 17.4 Å². The van der Waals surface area contributed by atoms with Gasteiger partial charge in [0.2, 0.25) is 0 Å². The van der Waals surface area contributed by atoms with Crippen LogP contribution in [0.25, 0.3) is 0 Å². The molecule has 1 aliphatic rings. The molecular weight excluding hydrogens is 321 g/mol. The zero-order valence-electron chi connectivity index (χ0n) is 12.0. The van der Waals surface area contributed by atoms with E-state index in [9.17, 15) is 4.79 Å². The number of pyridine rings is 1. The number of hydrogen-bond acceptors (Lipinski definition) is 3. The van der Waals surface area contributed by atoms with Crippen LogP contribution in [0, 0.1) is 0 Å². The van der Waals surface area contributed by atoms with Gasteiger partial charge in [-0.1, -0.05) is 12.1 Å². The second-order valence-electron chi connectivity index (χ2n) is 4.91. The van der Waals surface area contributed by atoms with Crippen LogP contribution in [-0.2, 0) is 19.5 Å². The van der Waals surface area contributed by atoms with Crippen molar-refractivity contribution in [3.05, 3.63) is 65.0 Å². The second kappa shape index (κ2) is 8.73. The minimum absolute atomic E-state index is 0. The molecule has 0 atom stereocenters. The molecule has 4 nitrogen and oxygen atoms in total. The Kier molecular flexibility index (Phi) is 7.32. The van der Waals surface area contributed by atoms with Crippen molar-refractivity contribution in [2.24, 2.45) is 0 Å². The van der Waals surface area contributed by atoms with Gasteiger partial charge in [-0.2, -0.15) is 0 Å². The van der Waals surface area contributed by atoms with Crippen LogP contribution in [0.1, 0.15) is 27.2 Å². The van der Waals surface area contributed by atoms with Gasteiger partial charge in [0.25, 0.3) is 5.91 Å². The van der Waals surface area contributed by atoms with Crippen molar-refractivity contribution in [2.75, 3.05) is 6.54 Å². The zero-order chi connectivity index (χ0) is 13.8. The van der Waals surface area contributed by atoms with Crippen molar-refractivity contribution in [1.82, 2.24) is 15.6 Å². The summed E-state index contributed by atoms with van der Waals surface area (Å²) in [5, 5.41) is 6.22. The molecular formula is C16H19Cl2N3O. The van der Waals surface area contributed by atoms with Crippen molar-refractivity contribution >= 4 is 30.7 Å². The quantitative estimate of drug-likeness (QED) is 0.899. The lowest BCUT2D eigenvalue weighted by Gasteiger charge is -2.06. The number of carbonyl (C=O) groups excluding carboxylic acids is 1. The summed E-state index contributed by atoms with van der Waals surface area (Å²) in [5.41, 5.74) is 4.23. The summed E-state index contributed by atoms with van der Waals surface area (Å²) in [5.74, 6) is -0.0179. The maximum Gasteiger partial charge on any atom is 0.251 e. The first-order valence-corrected chi connectivity index (χ1v) is 6.83. The molecule has 0 saturated heterocycles. The summed E-state index contributed by atoms with van der Waals surface area (Å²) >= 11 is 0. The fraction of sp³-hybridized carbons (Fsp3) is 0.250. The smallest absolute Gasteiger partial charge is 0.251 e. The largest absolute Gasteiger partial charge is 0.352 e. The van der Waals surface area contributed by atoms with E-state index in [2.05, 4.69) is 15.6 Å². The number of amides is 1. The maximum atomic E-state index is 12.1. The van der Waals surface area contributed by atoms with Crippen LogP contribution in [0.3, 0.4) is 0 Å². The number of nitrogens with one attached hydrogen (secondary N) is 2. The molecule has 6 heteroatoms. The summed E-state index contributed by atoms with van der Waals surface area (Å²) in [7, 11) is 0. The molecule has 0 unspecified atom stereocenters. The predicted molar refractivity (Wildman–Crippen MR) is 91.8 cm³/mol. The van der Waals surface area contributed by atoms with Crippen LogP contribution in [0.5, 0.6) is 0 Å². The normalized spacial score (nSPS) is 11.8. The Morgan fingerprint density at radius 1 is 1.14 bits per heavy atom. The van der Waals surface area contributed by atoms with E-state index < -0.39 is 0 Å². The van der Waals surface area contributed by atoms with Gasteiger partial charge in [0.15, 0.2) is 0 Å². The summed E-state index contributed by atoms with van der Waals surface area (Å²) in [6.07, 6.45) is 2.52. The SMILES string of the molecule is Cl.Cl.O=C(NCCc1ccccn1)c1ccc2c(c1)CNC2. The number of benzene rings is 1. The van der Waals surface area contributed by atoms with Gasteiger partial charge in [-0.25, -0.2) is 0 Å². The summed E-state index contributed by atoms with van der Waals surface area (Å²) in [6.45, 7) is 2.35. The van der Waals surface area contributed by atoms with E-state index in [0.29, 0.717) is 6.54 Å². The first-order valence-electron chi connectivity index (χ1n) is 6.83. The molecule has 118 valence electrons. The first kappa shape index (κ1) is 18.4. The molecule has 0 aliphatic carbocycles. The van der Waals surface area contributed by atoms with Crippen LogP contribution in [0.15, 0.2) is 42.6 Å². The molecule has 0 saturated carbocycles. The van der Waals surface area contributed by atoms with Gasteiger partial charge in [-0.15, -0.1) is 24.8 Å². The summed E-state index contributed by atoms with van der Waals surface area (Å²) in [4.78, 5) is 16.3. The maximum absolute atomic E-state index is 12.1. The fourth-order valence-electron chi connectivity index (χ4n) is 2.39. The Morgan fingerprint density at radius 3 is 2.73 bits per heavy atom. The van der Waals surface area contributed by atoms with E-state index in [-0.39, 0.29) is 30.7 Å². The Labute approximate surface area is 142 Å². The third kappa shape index (κ3) is 4.44. The highest BCUT2D eigenvalue weighted by Gasteiger charge is 2.13. The van der Waals surface area contributed by atoms with E-state index in [1.807, 2.05) is 36.4 Å². The molecule has 22 heavy (non-hydrogen) atoms. The Morgan fingerprint density at radius 2 is 1.95 bits per heavy atom. The van der Waals surface area contributed by atoms with Gasteiger partial charge in [-0.3, -0.25) is 9.78 Å².